The van der Waals surface area contributed by atoms with Crippen LogP contribution in [0.25, 0.3) is 0 Å². The van der Waals surface area contributed by atoms with E-state index >= 15 is 0 Å². The Balaban J connectivity index is 1.69. The summed E-state index contributed by atoms with van der Waals surface area (Å²) in [6, 6.07) is 0. The van der Waals surface area contributed by atoms with Crippen LogP contribution in [-0.4, -0.2) is 23.8 Å². The Kier molecular flexibility index (Phi) is 10.5. The van der Waals surface area contributed by atoms with Crippen molar-refractivity contribution in [3.63, 3.8) is 0 Å². The molecule has 0 spiro atoms. The minimum atomic E-state index is -0.660. The van der Waals surface area contributed by atoms with Crippen LogP contribution in [0.15, 0.2) is 11.6 Å². The van der Waals surface area contributed by atoms with E-state index in [0.29, 0.717) is 12.5 Å². The molecule has 4 atom stereocenters. The average Bonchev–Trinajstić information content (AvgIpc) is 3.25. The van der Waals surface area contributed by atoms with Crippen LogP contribution < -0.4 is 0 Å². The summed E-state index contributed by atoms with van der Waals surface area (Å²) >= 11 is 0. The highest BCUT2D eigenvalue weighted by Gasteiger charge is 2.47. The molecule has 0 aromatic carbocycles. The molecule has 2 saturated carbocycles. The predicted molar refractivity (Wildman–Crippen MR) is 112 cm³/mol. The molecule has 2 aliphatic rings. The van der Waals surface area contributed by atoms with E-state index in [1.165, 1.54) is 57.8 Å². The second kappa shape index (κ2) is 12.6. The number of rotatable bonds is 15. The quantitative estimate of drug-likeness (QED) is 0.253. The van der Waals surface area contributed by atoms with Gasteiger partial charge < -0.3 is 9.84 Å². The minimum absolute atomic E-state index is 0.325. The van der Waals surface area contributed by atoms with Crippen molar-refractivity contribution in [1.82, 2.24) is 0 Å². The summed E-state index contributed by atoms with van der Waals surface area (Å²) in [5.74, 6) is 1.80. The van der Waals surface area contributed by atoms with Crippen LogP contribution in [0.2, 0.25) is 0 Å². The monoisotopic (exact) mass is 378 g/mol. The third-order valence-electron chi connectivity index (χ3n) is 6.86. The van der Waals surface area contributed by atoms with E-state index in [4.69, 9.17) is 9.84 Å². The number of hydrogen-bond acceptors (Lipinski definition) is 2. The fraction of sp³-hybridized carbons (Fsp3) is 0.875. The summed E-state index contributed by atoms with van der Waals surface area (Å²) in [6.45, 7) is 5.42. The largest absolute Gasteiger partial charge is 0.481 e. The van der Waals surface area contributed by atoms with Crippen molar-refractivity contribution in [1.29, 1.82) is 0 Å². The van der Waals surface area contributed by atoms with E-state index < -0.39 is 5.97 Å². The smallest absolute Gasteiger partial charge is 0.303 e. The standard InChI is InChI=1S/C24H42O3/c1-3-5-8-11-19(4-2)16-17-27-24-21-15-14-20(18-21)22(24)12-9-6-7-10-13-23(25)26/h11,20-22,24H,3-10,12-18H2,1-2H3,(H,25,26)/t20-,21+,22-,24+/m1/s1. The number of carboxylic acids is 1. The van der Waals surface area contributed by atoms with Gasteiger partial charge >= 0.3 is 5.97 Å². The molecule has 156 valence electrons. The van der Waals surface area contributed by atoms with Gasteiger partial charge in [0.1, 0.15) is 0 Å². The van der Waals surface area contributed by atoms with Gasteiger partial charge in [-0.3, -0.25) is 4.79 Å². The van der Waals surface area contributed by atoms with E-state index in [-0.39, 0.29) is 0 Å². The second-order valence-electron chi connectivity index (χ2n) is 8.79. The summed E-state index contributed by atoms with van der Waals surface area (Å²) in [5.41, 5.74) is 1.57. The van der Waals surface area contributed by atoms with Crippen LogP contribution in [0.1, 0.15) is 104 Å². The Bertz CT molecular complexity index is 457. The average molecular weight is 379 g/mol. The maximum atomic E-state index is 10.6. The first-order valence-electron chi connectivity index (χ1n) is 11.7. The zero-order valence-electron chi connectivity index (χ0n) is 17.8. The molecule has 0 amide bonds. The number of ether oxygens (including phenoxy) is 1. The number of carboxylic acid groups (broad SMARTS) is 1. The van der Waals surface area contributed by atoms with Crippen molar-refractivity contribution >= 4 is 5.97 Å². The molecule has 3 heteroatoms. The summed E-state index contributed by atoms with van der Waals surface area (Å²) < 4.78 is 6.48. The molecule has 3 nitrogen and oxygen atoms in total. The maximum absolute atomic E-state index is 10.6. The molecule has 2 rings (SSSR count). The number of hydrogen-bond donors (Lipinski definition) is 1. The molecule has 2 fully saturated rings. The lowest BCUT2D eigenvalue weighted by atomic mass is 9.82. The lowest BCUT2D eigenvalue weighted by molar-refractivity contribution is -0.137. The van der Waals surface area contributed by atoms with Gasteiger partial charge in [-0.2, -0.15) is 0 Å². The van der Waals surface area contributed by atoms with E-state index in [9.17, 15) is 4.79 Å². The zero-order valence-corrected chi connectivity index (χ0v) is 17.8. The molecule has 0 aromatic rings. The Morgan fingerprint density at radius 2 is 1.81 bits per heavy atom. The van der Waals surface area contributed by atoms with Crippen LogP contribution in [0, 0.1) is 17.8 Å². The number of fused-ring (bicyclic) bond motifs is 2. The molecule has 0 aromatic heterocycles. The van der Waals surface area contributed by atoms with Crippen LogP contribution in [0.4, 0.5) is 0 Å². The van der Waals surface area contributed by atoms with Gasteiger partial charge in [-0.15, -0.1) is 0 Å². The SMILES string of the molecule is CCCCC=C(CC)CCO[C@H]1[C@H]2CC[C@H](C2)[C@H]1CCCCCCC(=O)O. The normalized spacial score (nSPS) is 27.4. The third-order valence-corrected chi connectivity index (χ3v) is 6.86. The number of allylic oxidation sites excluding steroid dienone is 1. The molecule has 1 N–H and O–H groups in total. The van der Waals surface area contributed by atoms with E-state index in [2.05, 4.69) is 19.9 Å². The fourth-order valence-corrected chi connectivity index (χ4v) is 5.29. The van der Waals surface area contributed by atoms with Gasteiger partial charge in [-0.1, -0.05) is 57.6 Å². The third kappa shape index (κ3) is 7.60. The predicted octanol–water partition coefficient (Wildman–Crippen LogP) is 6.76. The van der Waals surface area contributed by atoms with Crippen molar-refractivity contribution in [2.24, 2.45) is 17.8 Å². The molecular weight excluding hydrogens is 336 g/mol. The number of unbranched alkanes of at least 4 members (excludes halogenated alkanes) is 5. The molecule has 0 aliphatic heterocycles. The highest BCUT2D eigenvalue weighted by molar-refractivity contribution is 5.66. The lowest BCUT2D eigenvalue weighted by Gasteiger charge is -2.31. The van der Waals surface area contributed by atoms with Gasteiger partial charge in [0.05, 0.1) is 12.7 Å². The van der Waals surface area contributed by atoms with E-state index in [0.717, 1.165) is 50.0 Å². The molecule has 2 aliphatic carbocycles. The molecule has 2 bridgehead atoms. The van der Waals surface area contributed by atoms with Gasteiger partial charge in [0.2, 0.25) is 0 Å². The number of aliphatic carboxylic acids is 1. The first-order valence-corrected chi connectivity index (χ1v) is 11.7. The first kappa shape index (κ1) is 22.5. The highest BCUT2D eigenvalue weighted by Crippen LogP contribution is 2.51. The molecule has 0 radical (unpaired) electrons. The van der Waals surface area contributed by atoms with Crippen LogP contribution >= 0.6 is 0 Å². The van der Waals surface area contributed by atoms with Crippen LogP contribution in [0.5, 0.6) is 0 Å². The van der Waals surface area contributed by atoms with Crippen molar-refractivity contribution < 1.29 is 14.6 Å². The summed E-state index contributed by atoms with van der Waals surface area (Å²) in [4.78, 5) is 10.6. The van der Waals surface area contributed by atoms with Crippen molar-refractivity contribution in [2.45, 2.75) is 110 Å². The van der Waals surface area contributed by atoms with Gasteiger partial charge in [-0.25, -0.2) is 0 Å². The molecule has 0 saturated heterocycles. The second-order valence-corrected chi connectivity index (χ2v) is 8.79. The van der Waals surface area contributed by atoms with E-state index in [1.54, 1.807) is 5.57 Å². The van der Waals surface area contributed by atoms with Crippen LogP contribution in [0.3, 0.4) is 0 Å². The Morgan fingerprint density at radius 3 is 2.56 bits per heavy atom. The summed E-state index contributed by atoms with van der Waals surface area (Å²) in [6.07, 6.45) is 19.1. The summed E-state index contributed by atoms with van der Waals surface area (Å²) in [5, 5.41) is 8.73. The van der Waals surface area contributed by atoms with E-state index in [1.807, 2.05) is 0 Å². The lowest BCUT2D eigenvalue weighted by Crippen LogP contribution is -2.30. The van der Waals surface area contributed by atoms with Crippen molar-refractivity contribution in [2.75, 3.05) is 6.61 Å². The topological polar surface area (TPSA) is 46.5 Å². The van der Waals surface area contributed by atoms with Crippen molar-refractivity contribution in [3.05, 3.63) is 11.6 Å². The van der Waals surface area contributed by atoms with Gasteiger partial charge in [0, 0.05) is 6.42 Å². The fourth-order valence-electron chi connectivity index (χ4n) is 5.29. The van der Waals surface area contributed by atoms with Gasteiger partial charge in [0.15, 0.2) is 0 Å². The minimum Gasteiger partial charge on any atom is -0.481 e. The maximum Gasteiger partial charge on any atom is 0.303 e. The molecular formula is C24H42O3. The Hall–Kier alpha value is -0.830. The summed E-state index contributed by atoms with van der Waals surface area (Å²) in [7, 11) is 0. The molecule has 0 unspecified atom stereocenters. The molecule has 0 heterocycles. The van der Waals surface area contributed by atoms with Gasteiger partial charge in [0.25, 0.3) is 0 Å². The van der Waals surface area contributed by atoms with Gasteiger partial charge in [-0.05, 0) is 69.1 Å². The highest BCUT2D eigenvalue weighted by atomic mass is 16.5. The zero-order chi connectivity index (χ0) is 19.5. The van der Waals surface area contributed by atoms with Crippen molar-refractivity contribution in [3.8, 4) is 0 Å². The molecule has 27 heavy (non-hydrogen) atoms. The Labute approximate surface area is 167 Å². The van der Waals surface area contributed by atoms with Crippen LogP contribution in [-0.2, 0) is 9.53 Å². The Morgan fingerprint density at radius 1 is 1.04 bits per heavy atom. The first-order chi connectivity index (χ1) is 13.2. The number of carbonyl (C=O) groups is 1.